The van der Waals surface area contributed by atoms with Gasteiger partial charge >= 0.3 is 0 Å². The van der Waals surface area contributed by atoms with Crippen LogP contribution in [0.15, 0.2) is 29.7 Å². The Morgan fingerprint density at radius 1 is 1.18 bits per heavy atom. The van der Waals surface area contributed by atoms with E-state index in [1.165, 1.54) is 0 Å². The van der Waals surface area contributed by atoms with E-state index < -0.39 is 0 Å². The molecule has 1 aromatic heterocycles. The summed E-state index contributed by atoms with van der Waals surface area (Å²) in [6.07, 6.45) is 4.65. The molecule has 0 N–H and O–H groups in total. The molecule has 1 saturated heterocycles. The second-order valence-electron chi connectivity index (χ2n) is 6.95. The Hall–Kier alpha value is -2.67. The van der Waals surface area contributed by atoms with E-state index in [0.29, 0.717) is 56.2 Å². The summed E-state index contributed by atoms with van der Waals surface area (Å²) in [5, 5.41) is 2.91. The van der Waals surface area contributed by atoms with Crippen LogP contribution in [0.1, 0.15) is 33.9 Å². The smallest absolute Gasteiger partial charge is 0.246 e. The SMILES string of the molecule is Cc1nc(/C=C/C(=O)N2CCC(C(=O)c3ccc4c(c3)OCCO4)CC2)cs1. The number of carbonyl (C=O) groups excluding carboxylic acids is 2. The Labute approximate surface area is 167 Å². The molecule has 146 valence electrons. The van der Waals surface area contributed by atoms with Gasteiger partial charge in [-0.3, -0.25) is 9.59 Å². The zero-order valence-corrected chi connectivity index (χ0v) is 16.5. The number of nitrogens with zero attached hydrogens (tertiary/aromatic N) is 2. The first-order valence-corrected chi connectivity index (χ1v) is 10.3. The van der Waals surface area contributed by atoms with Gasteiger partial charge in [-0.2, -0.15) is 0 Å². The fourth-order valence-corrected chi connectivity index (χ4v) is 4.09. The first kappa shape index (κ1) is 18.7. The molecule has 3 heterocycles. The molecule has 0 unspecified atom stereocenters. The summed E-state index contributed by atoms with van der Waals surface area (Å²) in [6, 6.07) is 5.37. The minimum absolute atomic E-state index is 0.0316. The quantitative estimate of drug-likeness (QED) is 0.584. The van der Waals surface area contributed by atoms with E-state index in [9.17, 15) is 9.59 Å². The van der Waals surface area contributed by atoms with Crippen LogP contribution >= 0.6 is 11.3 Å². The van der Waals surface area contributed by atoms with Crippen LogP contribution in [-0.2, 0) is 4.79 Å². The number of Topliss-reactive ketones (excluding diaryl/α,β-unsaturated/α-hetero) is 1. The number of likely N-dealkylation sites (tertiary alicyclic amines) is 1. The predicted octanol–water partition coefficient (Wildman–Crippen LogP) is 3.36. The van der Waals surface area contributed by atoms with E-state index in [1.807, 2.05) is 12.3 Å². The standard InChI is InChI=1S/C21H22N2O4S/c1-14-22-17(13-28-14)3-5-20(24)23-8-6-15(7-9-23)21(25)16-2-4-18-19(12-16)27-11-10-26-18/h2-5,12-13,15H,6-11H2,1H3/b5-3+. The molecule has 0 spiro atoms. The number of ketones is 1. The average Bonchev–Trinajstić information content (AvgIpc) is 3.16. The van der Waals surface area contributed by atoms with E-state index in [0.717, 1.165) is 10.7 Å². The van der Waals surface area contributed by atoms with Gasteiger partial charge in [0.25, 0.3) is 0 Å². The number of hydrogen-bond donors (Lipinski definition) is 0. The third-order valence-corrected chi connectivity index (χ3v) is 5.83. The van der Waals surface area contributed by atoms with Gasteiger partial charge in [0.2, 0.25) is 5.91 Å². The number of hydrogen-bond acceptors (Lipinski definition) is 6. The van der Waals surface area contributed by atoms with Crippen LogP contribution in [0.4, 0.5) is 0 Å². The zero-order valence-electron chi connectivity index (χ0n) is 15.7. The Bertz CT molecular complexity index is 913. The fourth-order valence-electron chi connectivity index (χ4n) is 3.51. The van der Waals surface area contributed by atoms with Crippen molar-refractivity contribution < 1.29 is 19.1 Å². The number of ether oxygens (including phenoxy) is 2. The summed E-state index contributed by atoms with van der Waals surface area (Å²) in [5.74, 6) is 1.32. The highest BCUT2D eigenvalue weighted by atomic mass is 32.1. The molecule has 4 rings (SSSR count). The van der Waals surface area contributed by atoms with Gasteiger partial charge in [0.1, 0.15) is 13.2 Å². The monoisotopic (exact) mass is 398 g/mol. The van der Waals surface area contributed by atoms with E-state index >= 15 is 0 Å². The number of rotatable bonds is 4. The van der Waals surface area contributed by atoms with Crippen molar-refractivity contribution in [3.63, 3.8) is 0 Å². The van der Waals surface area contributed by atoms with E-state index in [-0.39, 0.29) is 17.6 Å². The molecule has 1 aromatic carbocycles. The number of amides is 1. The molecule has 6 nitrogen and oxygen atoms in total. The summed E-state index contributed by atoms with van der Waals surface area (Å²) in [5.41, 5.74) is 1.45. The lowest BCUT2D eigenvalue weighted by Crippen LogP contribution is -2.39. The van der Waals surface area contributed by atoms with Gasteiger partial charge < -0.3 is 14.4 Å². The van der Waals surface area contributed by atoms with Gasteiger partial charge in [0.15, 0.2) is 17.3 Å². The third kappa shape index (κ3) is 4.09. The van der Waals surface area contributed by atoms with Crippen molar-refractivity contribution in [2.24, 2.45) is 5.92 Å². The van der Waals surface area contributed by atoms with Crippen molar-refractivity contribution in [3.05, 3.63) is 45.9 Å². The van der Waals surface area contributed by atoms with Crippen molar-refractivity contribution >= 4 is 29.1 Å². The summed E-state index contributed by atoms with van der Waals surface area (Å²) in [7, 11) is 0. The average molecular weight is 398 g/mol. The van der Waals surface area contributed by atoms with Crippen LogP contribution in [0.3, 0.4) is 0 Å². The second kappa shape index (κ2) is 8.14. The molecule has 1 amide bonds. The number of fused-ring (bicyclic) bond motifs is 1. The summed E-state index contributed by atoms with van der Waals surface area (Å²) in [6.45, 7) is 4.14. The predicted molar refractivity (Wildman–Crippen MR) is 107 cm³/mol. The van der Waals surface area contributed by atoms with Crippen LogP contribution in [0.25, 0.3) is 6.08 Å². The molecular formula is C21H22N2O4S. The minimum atomic E-state index is -0.0724. The number of thiazole rings is 1. The maximum absolute atomic E-state index is 12.9. The number of piperidine rings is 1. The normalized spacial score (nSPS) is 17.1. The van der Waals surface area contributed by atoms with Crippen LogP contribution < -0.4 is 9.47 Å². The number of aryl methyl sites for hydroxylation is 1. The Morgan fingerprint density at radius 2 is 1.93 bits per heavy atom. The number of benzene rings is 1. The van der Waals surface area contributed by atoms with Gasteiger partial charge in [-0.15, -0.1) is 11.3 Å². The minimum Gasteiger partial charge on any atom is -0.486 e. The largest absolute Gasteiger partial charge is 0.486 e. The van der Waals surface area contributed by atoms with Crippen LogP contribution in [-0.4, -0.2) is 47.9 Å². The maximum Gasteiger partial charge on any atom is 0.246 e. The van der Waals surface area contributed by atoms with Crippen molar-refractivity contribution in [2.45, 2.75) is 19.8 Å². The van der Waals surface area contributed by atoms with Crippen LogP contribution in [0, 0.1) is 12.8 Å². The highest BCUT2D eigenvalue weighted by Gasteiger charge is 2.28. The number of aromatic nitrogens is 1. The molecule has 2 aliphatic heterocycles. The van der Waals surface area contributed by atoms with Gasteiger partial charge in [-0.25, -0.2) is 4.98 Å². The van der Waals surface area contributed by atoms with Crippen molar-refractivity contribution in [1.82, 2.24) is 9.88 Å². The van der Waals surface area contributed by atoms with Crippen LogP contribution in [0.2, 0.25) is 0 Å². The van der Waals surface area contributed by atoms with Gasteiger partial charge in [-0.1, -0.05) is 0 Å². The molecule has 2 aliphatic rings. The molecule has 0 atom stereocenters. The lowest BCUT2D eigenvalue weighted by molar-refractivity contribution is -0.127. The molecule has 0 bridgehead atoms. The third-order valence-electron chi connectivity index (χ3n) is 5.04. The van der Waals surface area contributed by atoms with Crippen molar-refractivity contribution in [2.75, 3.05) is 26.3 Å². The lowest BCUT2D eigenvalue weighted by atomic mass is 9.88. The van der Waals surface area contributed by atoms with Crippen molar-refractivity contribution in [3.8, 4) is 11.5 Å². The van der Waals surface area contributed by atoms with E-state index in [1.54, 1.807) is 46.6 Å². The summed E-state index contributed by atoms with van der Waals surface area (Å²) >= 11 is 1.56. The first-order chi connectivity index (χ1) is 13.6. The molecule has 0 aliphatic carbocycles. The molecule has 1 fully saturated rings. The molecule has 0 saturated carbocycles. The van der Waals surface area contributed by atoms with E-state index in [4.69, 9.17) is 9.47 Å². The number of carbonyl (C=O) groups is 2. The lowest BCUT2D eigenvalue weighted by Gasteiger charge is -2.30. The molecular weight excluding hydrogens is 376 g/mol. The Kier molecular flexibility index (Phi) is 5.43. The summed E-state index contributed by atoms with van der Waals surface area (Å²) in [4.78, 5) is 31.4. The summed E-state index contributed by atoms with van der Waals surface area (Å²) < 4.78 is 11.1. The highest BCUT2D eigenvalue weighted by Crippen LogP contribution is 2.32. The molecule has 2 aromatic rings. The van der Waals surface area contributed by atoms with Gasteiger partial charge in [0, 0.05) is 36.0 Å². The van der Waals surface area contributed by atoms with Gasteiger partial charge in [0.05, 0.1) is 10.7 Å². The van der Waals surface area contributed by atoms with Crippen molar-refractivity contribution in [1.29, 1.82) is 0 Å². The second-order valence-corrected chi connectivity index (χ2v) is 8.01. The first-order valence-electron chi connectivity index (χ1n) is 9.43. The zero-order chi connectivity index (χ0) is 19.5. The topological polar surface area (TPSA) is 68.7 Å². The Morgan fingerprint density at radius 3 is 2.64 bits per heavy atom. The van der Waals surface area contributed by atoms with Gasteiger partial charge in [-0.05, 0) is 44.0 Å². The van der Waals surface area contributed by atoms with Crippen LogP contribution in [0.5, 0.6) is 11.5 Å². The Balaban J connectivity index is 1.34. The molecule has 28 heavy (non-hydrogen) atoms. The van der Waals surface area contributed by atoms with E-state index in [2.05, 4.69) is 4.98 Å². The molecule has 7 heteroatoms. The maximum atomic E-state index is 12.9. The highest BCUT2D eigenvalue weighted by molar-refractivity contribution is 7.09. The molecule has 0 radical (unpaired) electrons. The fraction of sp³-hybridized carbons (Fsp3) is 0.381.